The van der Waals surface area contributed by atoms with Crippen LogP contribution in [-0.2, 0) is 21.1 Å². The normalized spacial score (nSPS) is 15.5. The van der Waals surface area contributed by atoms with Crippen LogP contribution < -0.4 is 15.0 Å². The van der Waals surface area contributed by atoms with E-state index in [9.17, 15) is 31.6 Å². The van der Waals surface area contributed by atoms with Gasteiger partial charge in [-0.3, -0.25) is 10.0 Å². The van der Waals surface area contributed by atoms with Gasteiger partial charge in [0.2, 0.25) is 11.7 Å². The Balaban J connectivity index is 0.00000323. The lowest BCUT2D eigenvalue weighted by molar-refractivity contribution is -0.274. The van der Waals surface area contributed by atoms with E-state index < -0.39 is 26.9 Å². The molecule has 0 atom stereocenters. The van der Waals surface area contributed by atoms with Gasteiger partial charge in [0.05, 0.1) is 11.5 Å². The number of likely N-dealkylation sites (tertiary alicyclic amines) is 1. The van der Waals surface area contributed by atoms with E-state index in [1.54, 1.807) is 5.48 Å². The Bertz CT molecular complexity index is 1430. The zero-order valence-corrected chi connectivity index (χ0v) is 24.1. The molecule has 2 heterocycles. The number of benzene rings is 2. The molecule has 11 nitrogen and oxygen atoms in total. The van der Waals surface area contributed by atoms with Crippen LogP contribution in [0.4, 0.5) is 13.2 Å². The maximum Gasteiger partial charge on any atom is 0.573 e. The summed E-state index contributed by atoms with van der Waals surface area (Å²) >= 11 is 0. The molecule has 1 saturated heterocycles. The quantitative estimate of drug-likeness (QED) is 0.176. The molecular weight excluding hydrogens is 605 g/mol. The first-order valence-electron chi connectivity index (χ1n) is 12.8. The molecule has 3 aromatic rings. The van der Waals surface area contributed by atoms with Crippen molar-refractivity contribution >= 4 is 28.2 Å². The molecule has 0 aliphatic carbocycles. The molecule has 0 radical (unpaired) electrons. The van der Waals surface area contributed by atoms with Crippen LogP contribution >= 0.6 is 12.4 Å². The van der Waals surface area contributed by atoms with Crippen molar-refractivity contribution in [2.75, 3.05) is 26.2 Å². The minimum Gasteiger partial charge on any atom is -0.494 e. The van der Waals surface area contributed by atoms with E-state index in [0.29, 0.717) is 43.1 Å². The van der Waals surface area contributed by atoms with Crippen molar-refractivity contribution < 1.29 is 47.0 Å². The second-order valence-corrected chi connectivity index (χ2v) is 11.6. The fourth-order valence-electron chi connectivity index (χ4n) is 4.58. The molecule has 1 fully saturated rings. The van der Waals surface area contributed by atoms with Gasteiger partial charge in [0.15, 0.2) is 14.6 Å². The minimum absolute atomic E-state index is 0. The highest BCUT2D eigenvalue weighted by molar-refractivity contribution is 7.93. The van der Waals surface area contributed by atoms with Crippen LogP contribution in [-0.4, -0.2) is 71.9 Å². The number of amides is 1. The lowest BCUT2D eigenvalue weighted by Gasteiger charge is -2.39. The summed E-state index contributed by atoms with van der Waals surface area (Å²) in [6.07, 6.45) is -3.82. The summed E-state index contributed by atoms with van der Waals surface area (Å²) in [6.45, 7) is 3.75. The topological polar surface area (TPSA) is 144 Å². The van der Waals surface area contributed by atoms with Gasteiger partial charge in [-0.05, 0) is 74.3 Å². The number of rotatable bonds is 11. The SMILES string of the molecule is CCN1CCC(C(=O)NO)(S(=O)(=O)c2ccc(OCCCc3nc(-c4ccc(OC(F)(F)F)cc4)no3)cc2)CC1.Cl.[HH]. The van der Waals surface area contributed by atoms with Crippen LogP contribution in [0.5, 0.6) is 11.5 Å². The highest BCUT2D eigenvalue weighted by atomic mass is 35.5. The van der Waals surface area contributed by atoms with Gasteiger partial charge in [0.25, 0.3) is 5.91 Å². The van der Waals surface area contributed by atoms with Crippen LogP contribution in [0.3, 0.4) is 0 Å². The number of hydroxylamine groups is 1. The van der Waals surface area contributed by atoms with E-state index in [-0.39, 0.29) is 49.8 Å². The number of hydrogen-bond acceptors (Lipinski definition) is 10. The molecule has 0 bridgehead atoms. The van der Waals surface area contributed by atoms with E-state index >= 15 is 0 Å². The number of sulfone groups is 1. The zero-order valence-electron chi connectivity index (χ0n) is 22.5. The minimum atomic E-state index is -4.78. The molecule has 0 saturated carbocycles. The molecule has 1 aliphatic rings. The third-order valence-electron chi connectivity index (χ3n) is 6.89. The number of hydrogen-bond donors (Lipinski definition) is 2. The number of aromatic nitrogens is 2. The van der Waals surface area contributed by atoms with Gasteiger partial charge >= 0.3 is 6.36 Å². The van der Waals surface area contributed by atoms with E-state index in [0.717, 1.165) is 18.7 Å². The summed E-state index contributed by atoms with van der Waals surface area (Å²) in [7, 11) is -4.11. The number of aryl methyl sites for hydroxylation is 1. The van der Waals surface area contributed by atoms with E-state index in [1.165, 1.54) is 36.4 Å². The van der Waals surface area contributed by atoms with Crippen molar-refractivity contribution in [1.82, 2.24) is 20.5 Å². The number of nitrogens with zero attached hydrogens (tertiary/aromatic N) is 3. The zero-order chi connectivity index (χ0) is 29.7. The number of halogens is 4. The Morgan fingerprint density at radius 1 is 1.12 bits per heavy atom. The standard InChI is InChI=1S/C26H29F3N4O7S.ClH.H2/c1-2-33-15-13-25(14-16-33,24(34)31-35)41(36,37)21-11-9-19(10-12-21)38-17-3-4-22-30-23(32-40-22)18-5-7-20(8-6-18)39-26(27,28)29;;/h5-12,35H,2-4,13-17H2,1H3,(H,31,34);2*1H. The molecule has 1 aliphatic heterocycles. The Kier molecular flexibility index (Phi) is 10.8. The summed E-state index contributed by atoms with van der Waals surface area (Å²) in [5.41, 5.74) is 2.00. The third-order valence-corrected chi connectivity index (χ3v) is 9.41. The maximum absolute atomic E-state index is 13.5. The number of ether oxygens (including phenoxy) is 2. The van der Waals surface area contributed by atoms with Gasteiger partial charge in [-0.25, -0.2) is 13.9 Å². The van der Waals surface area contributed by atoms with Crippen molar-refractivity contribution in [2.45, 2.75) is 48.6 Å². The van der Waals surface area contributed by atoms with E-state index in [4.69, 9.17) is 9.26 Å². The van der Waals surface area contributed by atoms with E-state index in [2.05, 4.69) is 14.9 Å². The summed E-state index contributed by atoms with van der Waals surface area (Å²) in [4.78, 5) is 18.8. The van der Waals surface area contributed by atoms with Crippen LogP contribution in [0.25, 0.3) is 11.4 Å². The third kappa shape index (κ3) is 7.51. The number of alkyl halides is 3. The predicted molar refractivity (Wildman–Crippen MR) is 147 cm³/mol. The average Bonchev–Trinajstić information content (AvgIpc) is 3.43. The average molecular weight is 637 g/mol. The summed E-state index contributed by atoms with van der Waals surface area (Å²) in [6, 6.07) is 10.8. The first-order valence-corrected chi connectivity index (χ1v) is 14.3. The molecule has 4 rings (SSSR count). The molecule has 2 aromatic carbocycles. The largest absolute Gasteiger partial charge is 0.573 e. The van der Waals surface area contributed by atoms with Crippen LogP contribution in [0.1, 0.15) is 33.5 Å². The summed E-state index contributed by atoms with van der Waals surface area (Å²) < 4.78 is 76.9. The molecule has 2 N–H and O–H groups in total. The Morgan fingerprint density at radius 2 is 1.74 bits per heavy atom. The molecule has 1 amide bonds. The first kappa shape index (κ1) is 33.1. The van der Waals surface area contributed by atoms with Gasteiger partial charge in [-0.2, -0.15) is 4.98 Å². The Hall–Kier alpha value is -3.40. The van der Waals surface area contributed by atoms with Gasteiger partial charge in [-0.1, -0.05) is 12.1 Å². The van der Waals surface area contributed by atoms with Crippen molar-refractivity contribution in [3.8, 4) is 22.9 Å². The predicted octanol–water partition coefficient (Wildman–Crippen LogP) is 4.45. The van der Waals surface area contributed by atoms with Crippen LogP contribution in [0.15, 0.2) is 57.9 Å². The number of piperidine rings is 1. The lowest BCUT2D eigenvalue weighted by atomic mass is 9.95. The van der Waals surface area contributed by atoms with Crippen molar-refractivity contribution in [3.63, 3.8) is 0 Å². The molecule has 1 aromatic heterocycles. The monoisotopic (exact) mass is 636 g/mol. The van der Waals surface area contributed by atoms with E-state index in [1.807, 2.05) is 11.8 Å². The highest BCUT2D eigenvalue weighted by Gasteiger charge is 2.52. The molecule has 0 spiro atoms. The van der Waals surface area contributed by atoms with Gasteiger partial charge in [-0.15, -0.1) is 25.6 Å². The van der Waals surface area contributed by atoms with Crippen LogP contribution in [0.2, 0.25) is 0 Å². The Morgan fingerprint density at radius 3 is 2.31 bits per heavy atom. The highest BCUT2D eigenvalue weighted by Crippen LogP contribution is 2.36. The number of carbonyl (C=O) groups excluding carboxylic acids is 1. The fourth-order valence-corrected chi connectivity index (χ4v) is 6.54. The van der Waals surface area contributed by atoms with Crippen molar-refractivity contribution in [2.24, 2.45) is 0 Å². The molecule has 232 valence electrons. The number of carbonyl (C=O) groups is 1. The molecule has 16 heteroatoms. The Labute approximate surface area is 247 Å². The molecule has 0 unspecified atom stereocenters. The van der Waals surface area contributed by atoms with Crippen LogP contribution in [0, 0.1) is 0 Å². The van der Waals surface area contributed by atoms with Gasteiger partial charge < -0.3 is 18.9 Å². The second kappa shape index (κ2) is 13.7. The fraction of sp³-hybridized carbons (Fsp3) is 0.423. The smallest absolute Gasteiger partial charge is 0.494 e. The summed E-state index contributed by atoms with van der Waals surface area (Å²) in [5.74, 6) is -0.366. The summed E-state index contributed by atoms with van der Waals surface area (Å²) in [5, 5.41) is 13.1. The van der Waals surface area contributed by atoms with Crippen molar-refractivity contribution in [1.29, 1.82) is 0 Å². The van der Waals surface area contributed by atoms with Gasteiger partial charge in [0, 0.05) is 26.5 Å². The lowest BCUT2D eigenvalue weighted by Crippen LogP contribution is -2.57. The molecule has 42 heavy (non-hydrogen) atoms. The van der Waals surface area contributed by atoms with Crippen molar-refractivity contribution in [3.05, 3.63) is 54.4 Å². The maximum atomic E-state index is 13.5. The first-order chi connectivity index (χ1) is 19.5. The van der Waals surface area contributed by atoms with Gasteiger partial charge in [0.1, 0.15) is 11.5 Å². The molecular formula is C26H32ClF3N4O7S. The number of nitrogens with one attached hydrogen (secondary N) is 1. The second-order valence-electron chi connectivity index (χ2n) is 9.38.